The number of rotatable bonds is 7. The van der Waals surface area contributed by atoms with E-state index >= 15 is 0 Å². The standard InChI is InChI=1S/C65H37N7O/c1-67-48-28-24-42(25-29-48)47-36-46(41-22-20-40(39-66)21-23-41)37-50(38-47)72-56-19-11-9-17-54(56)60-58(72)35-33-52-51-32-34-57-59(61(51)73-62(52)60)53-16-8-10-18-55(53)71(57)49-30-26-45(27-31-49)65-69-63(43-12-4-2-5-13-43)68-64(70-65)44-14-6-3-7-15-44/h2-38H. The SMILES string of the molecule is [C-]#[N+]c1ccc(-c2cc(-c3ccc(C#N)cc3)cc(-n3c4ccccc4c4c5oc6c(ccc7c6c6ccccc6n7-c6ccc(-c7nc(-c8ccccc8)nc(-c8ccccc8)n7)cc6)c5ccc43)c2)cc1. The van der Waals surface area contributed by atoms with Crippen LogP contribution in [0.5, 0.6) is 0 Å². The number of aromatic nitrogens is 5. The predicted molar refractivity (Wildman–Crippen MR) is 294 cm³/mol. The third kappa shape index (κ3) is 6.78. The maximum absolute atomic E-state index is 9.59. The van der Waals surface area contributed by atoms with Crippen LogP contribution in [0.3, 0.4) is 0 Å². The lowest BCUT2D eigenvalue weighted by Gasteiger charge is -2.14. The molecule has 14 rings (SSSR count). The highest BCUT2D eigenvalue weighted by molar-refractivity contribution is 6.29. The summed E-state index contributed by atoms with van der Waals surface area (Å²) < 4.78 is 11.9. The topological polar surface area (TPSA) is 89.8 Å². The van der Waals surface area contributed by atoms with Crippen LogP contribution in [0.4, 0.5) is 5.69 Å². The number of hydrogen-bond acceptors (Lipinski definition) is 5. The molecule has 0 amide bonds. The molecule has 4 aromatic heterocycles. The highest BCUT2D eigenvalue weighted by Crippen LogP contribution is 2.45. The van der Waals surface area contributed by atoms with Crippen molar-refractivity contribution >= 4 is 71.2 Å². The van der Waals surface area contributed by atoms with E-state index in [0.29, 0.717) is 28.7 Å². The largest absolute Gasteiger partial charge is 0.455 e. The Morgan fingerprint density at radius 1 is 0.384 bits per heavy atom. The summed E-state index contributed by atoms with van der Waals surface area (Å²) in [6.45, 7) is 7.55. The third-order valence-corrected chi connectivity index (χ3v) is 14.0. The highest BCUT2D eigenvalue weighted by atomic mass is 16.3. The fraction of sp³-hybridized carbons (Fsp3) is 0. The Morgan fingerprint density at radius 2 is 0.822 bits per heavy atom. The Hall–Kier alpha value is -10.4. The lowest BCUT2D eigenvalue weighted by Crippen LogP contribution is -2.00. The molecule has 4 heterocycles. The minimum absolute atomic E-state index is 0.591. The van der Waals surface area contributed by atoms with E-state index in [0.717, 1.165) is 116 Å². The first kappa shape index (κ1) is 41.6. The molecule has 73 heavy (non-hydrogen) atoms. The van der Waals surface area contributed by atoms with Gasteiger partial charge < -0.3 is 13.6 Å². The van der Waals surface area contributed by atoms with Crippen LogP contribution in [-0.4, -0.2) is 24.1 Å². The fourth-order valence-corrected chi connectivity index (χ4v) is 10.6. The molecule has 0 aliphatic carbocycles. The molecule has 0 saturated heterocycles. The van der Waals surface area contributed by atoms with Gasteiger partial charge in [0.2, 0.25) is 0 Å². The molecule has 10 aromatic carbocycles. The molecule has 8 heteroatoms. The van der Waals surface area contributed by atoms with Gasteiger partial charge in [0, 0.05) is 49.6 Å². The van der Waals surface area contributed by atoms with Crippen molar-refractivity contribution in [3.63, 3.8) is 0 Å². The van der Waals surface area contributed by atoms with E-state index in [1.54, 1.807) is 0 Å². The maximum atomic E-state index is 9.59. The zero-order valence-electron chi connectivity index (χ0n) is 38.9. The summed E-state index contributed by atoms with van der Waals surface area (Å²) in [7, 11) is 0. The summed E-state index contributed by atoms with van der Waals surface area (Å²) in [5.74, 6) is 1.84. The van der Waals surface area contributed by atoms with Gasteiger partial charge in [-0.1, -0.05) is 133 Å². The number of hydrogen-bond donors (Lipinski definition) is 0. The number of benzene rings is 10. The maximum Gasteiger partial charge on any atom is 0.187 e. The first-order valence-corrected chi connectivity index (χ1v) is 24.0. The van der Waals surface area contributed by atoms with E-state index in [1.165, 1.54) is 0 Å². The van der Waals surface area contributed by atoms with Gasteiger partial charge in [-0.05, 0) is 113 Å². The summed E-state index contributed by atoms with van der Waals surface area (Å²) in [5, 5.41) is 15.9. The summed E-state index contributed by atoms with van der Waals surface area (Å²) in [5.41, 5.74) is 15.8. The van der Waals surface area contributed by atoms with Crippen LogP contribution < -0.4 is 0 Å². The van der Waals surface area contributed by atoms with Crippen molar-refractivity contribution in [1.29, 1.82) is 5.26 Å². The van der Waals surface area contributed by atoms with E-state index in [4.69, 9.17) is 25.9 Å². The Kier molecular flexibility index (Phi) is 9.47. The minimum atomic E-state index is 0.591. The number of para-hydroxylation sites is 2. The number of furan rings is 1. The molecule has 0 bridgehead atoms. The van der Waals surface area contributed by atoms with Crippen molar-refractivity contribution in [2.45, 2.75) is 0 Å². The molecule has 0 spiro atoms. The van der Waals surface area contributed by atoms with Gasteiger partial charge in [0.25, 0.3) is 0 Å². The summed E-state index contributed by atoms with van der Waals surface area (Å²) >= 11 is 0. The Bertz CT molecular complexity index is 4460. The Morgan fingerprint density at radius 3 is 1.32 bits per heavy atom. The van der Waals surface area contributed by atoms with Crippen LogP contribution in [0.1, 0.15) is 5.56 Å². The van der Waals surface area contributed by atoms with Gasteiger partial charge in [-0.25, -0.2) is 19.8 Å². The number of nitriles is 1. The van der Waals surface area contributed by atoms with Crippen LogP contribution in [0.15, 0.2) is 229 Å². The van der Waals surface area contributed by atoms with Gasteiger partial charge in [0.15, 0.2) is 23.2 Å². The molecule has 8 nitrogen and oxygen atoms in total. The smallest absolute Gasteiger partial charge is 0.187 e. The third-order valence-electron chi connectivity index (χ3n) is 14.0. The molecule has 0 aliphatic rings. The van der Waals surface area contributed by atoms with Crippen molar-refractivity contribution in [1.82, 2.24) is 24.1 Å². The van der Waals surface area contributed by atoms with Gasteiger partial charge in [-0.15, -0.1) is 0 Å². The van der Waals surface area contributed by atoms with Crippen LogP contribution in [0.2, 0.25) is 0 Å². The van der Waals surface area contributed by atoms with Crippen LogP contribution >= 0.6 is 0 Å². The van der Waals surface area contributed by atoms with Gasteiger partial charge >= 0.3 is 0 Å². The van der Waals surface area contributed by atoms with Crippen molar-refractivity contribution in [2.24, 2.45) is 0 Å². The molecule has 0 aliphatic heterocycles. The van der Waals surface area contributed by atoms with Gasteiger partial charge in [0.05, 0.1) is 51.0 Å². The van der Waals surface area contributed by atoms with E-state index in [9.17, 15) is 5.26 Å². The summed E-state index contributed by atoms with van der Waals surface area (Å²) in [6, 6.07) is 78.8. The van der Waals surface area contributed by atoms with E-state index in [1.807, 2.05) is 109 Å². The molecule has 0 N–H and O–H groups in total. The molecule has 0 saturated carbocycles. The second-order valence-corrected chi connectivity index (χ2v) is 18.2. The zero-order chi connectivity index (χ0) is 48.6. The first-order chi connectivity index (χ1) is 36.1. The van der Waals surface area contributed by atoms with Crippen LogP contribution in [0, 0.1) is 17.9 Å². The van der Waals surface area contributed by atoms with Crippen molar-refractivity contribution in [3.05, 3.63) is 241 Å². The minimum Gasteiger partial charge on any atom is -0.455 e. The second-order valence-electron chi connectivity index (χ2n) is 18.2. The number of fused-ring (bicyclic) bond motifs is 11. The lowest BCUT2D eigenvalue weighted by atomic mass is 9.97. The molecular formula is C65H37N7O. The number of nitrogens with zero attached hydrogens (tertiary/aromatic N) is 7. The van der Waals surface area contributed by atoms with Crippen molar-refractivity contribution < 1.29 is 4.42 Å². The van der Waals surface area contributed by atoms with Gasteiger partial charge in [0.1, 0.15) is 11.2 Å². The molecule has 0 fully saturated rings. The molecule has 0 radical (unpaired) electrons. The highest BCUT2D eigenvalue weighted by Gasteiger charge is 2.23. The van der Waals surface area contributed by atoms with E-state index in [2.05, 4.69) is 135 Å². The molecule has 0 atom stereocenters. The van der Waals surface area contributed by atoms with Gasteiger partial charge in [-0.2, -0.15) is 5.26 Å². The fourth-order valence-electron chi connectivity index (χ4n) is 10.6. The first-order valence-electron chi connectivity index (χ1n) is 24.0. The molecule has 338 valence electrons. The second kappa shape index (κ2) is 16.6. The van der Waals surface area contributed by atoms with Crippen molar-refractivity contribution in [2.75, 3.05) is 0 Å². The monoisotopic (exact) mass is 931 g/mol. The van der Waals surface area contributed by atoms with E-state index < -0.39 is 0 Å². The lowest BCUT2D eigenvalue weighted by molar-refractivity contribution is 0.677. The average Bonchev–Trinajstić information content (AvgIpc) is 4.13. The molecular weight excluding hydrogens is 895 g/mol. The van der Waals surface area contributed by atoms with Crippen LogP contribution in [0.25, 0.3) is 138 Å². The normalized spacial score (nSPS) is 11.5. The Labute approximate surface area is 418 Å². The summed E-state index contributed by atoms with van der Waals surface area (Å²) in [6.07, 6.45) is 0. The predicted octanol–water partition coefficient (Wildman–Crippen LogP) is 16.7. The van der Waals surface area contributed by atoms with E-state index in [-0.39, 0.29) is 0 Å². The average molecular weight is 932 g/mol. The molecule has 0 unspecified atom stereocenters. The van der Waals surface area contributed by atoms with Gasteiger partial charge in [-0.3, -0.25) is 0 Å². The zero-order valence-corrected chi connectivity index (χ0v) is 38.9. The quantitative estimate of drug-likeness (QED) is 0.149. The summed E-state index contributed by atoms with van der Waals surface area (Å²) in [4.78, 5) is 18.5. The van der Waals surface area contributed by atoms with Crippen LogP contribution in [-0.2, 0) is 0 Å². The molecule has 14 aromatic rings. The van der Waals surface area contributed by atoms with Crippen molar-refractivity contribution in [3.8, 4) is 73.9 Å². The Balaban J connectivity index is 0.934.